The van der Waals surface area contributed by atoms with Crippen molar-refractivity contribution in [2.24, 2.45) is 5.41 Å². The zero-order valence-electron chi connectivity index (χ0n) is 9.93. The van der Waals surface area contributed by atoms with Crippen molar-refractivity contribution in [1.82, 2.24) is 0 Å². The lowest BCUT2D eigenvalue weighted by atomic mass is 9.78. The van der Waals surface area contributed by atoms with Crippen LogP contribution in [0.1, 0.15) is 41.0 Å². The lowest BCUT2D eigenvalue weighted by Gasteiger charge is -2.37. The van der Waals surface area contributed by atoms with Gasteiger partial charge in [-0.05, 0) is 32.6 Å². The molecular weight excluding hydrogens is 200 g/mol. The molecule has 0 aliphatic carbocycles. The number of hydrogen-bond donors (Lipinski definition) is 1. The van der Waals surface area contributed by atoms with Gasteiger partial charge in [0.1, 0.15) is 0 Å². The fraction of sp³-hybridized carbons (Fsp3) is 1.00. The molecule has 0 spiro atoms. The maximum Gasteiger partial charge on any atom is 0.0727 e. The Bertz CT molecular complexity index is 167. The molecule has 0 aromatic carbocycles. The SMILES string of the molecule is CCOC(C)(C)CC(C)(C)[C@@H](O)CCl. The van der Waals surface area contributed by atoms with Crippen molar-refractivity contribution in [1.29, 1.82) is 0 Å². The molecule has 0 aliphatic rings. The van der Waals surface area contributed by atoms with E-state index in [0.717, 1.165) is 6.42 Å². The topological polar surface area (TPSA) is 29.5 Å². The van der Waals surface area contributed by atoms with Gasteiger partial charge in [-0.3, -0.25) is 0 Å². The van der Waals surface area contributed by atoms with Gasteiger partial charge in [-0.15, -0.1) is 11.6 Å². The maximum atomic E-state index is 9.73. The smallest absolute Gasteiger partial charge is 0.0727 e. The third kappa shape index (κ3) is 4.63. The minimum absolute atomic E-state index is 0.203. The normalized spacial score (nSPS) is 15.6. The van der Waals surface area contributed by atoms with Gasteiger partial charge in [-0.1, -0.05) is 13.8 Å². The first-order chi connectivity index (χ1) is 6.25. The molecule has 0 aromatic heterocycles. The van der Waals surface area contributed by atoms with Crippen LogP contribution >= 0.6 is 11.6 Å². The monoisotopic (exact) mass is 222 g/mol. The Kier molecular flexibility index (Phi) is 5.42. The van der Waals surface area contributed by atoms with Crippen LogP contribution in [0, 0.1) is 5.41 Å². The Balaban J connectivity index is 4.33. The predicted molar refractivity (Wildman–Crippen MR) is 60.8 cm³/mol. The number of ether oxygens (including phenoxy) is 1. The van der Waals surface area contributed by atoms with E-state index in [0.29, 0.717) is 6.61 Å². The second-order valence-electron chi connectivity index (χ2n) is 5.03. The fourth-order valence-electron chi connectivity index (χ4n) is 1.87. The zero-order valence-corrected chi connectivity index (χ0v) is 10.7. The van der Waals surface area contributed by atoms with E-state index in [-0.39, 0.29) is 16.9 Å². The van der Waals surface area contributed by atoms with Crippen molar-refractivity contribution < 1.29 is 9.84 Å². The summed E-state index contributed by atoms with van der Waals surface area (Å²) in [6, 6.07) is 0. The first-order valence-electron chi connectivity index (χ1n) is 5.13. The largest absolute Gasteiger partial charge is 0.391 e. The Hall–Kier alpha value is 0.210. The van der Waals surface area contributed by atoms with Crippen molar-refractivity contribution in [2.45, 2.75) is 52.7 Å². The van der Waals surface area contributed by atoms with Gasteiger partial charge < -0.3 is 9.84 Å². The second-order valence-corrected chi connectivity index (χ2v) is 5.34. The summed E-state index contributed by atoms with van der Waals surface area (Å²) in [5.41, 5.74) is -0.411. The highest BCUT2D eigenvalue weighted by molar-refractivity contribution is 6.18. The number of aliphatic hydroxyl groups is 1. The van der Waals surface area contributed by atoms with Gasteiger partial charge in [0.25, 0.3) is 0 Å². The summed E-state index contributed by atoms with van der Waals surface area (Å²) in [6.07, 6.45) is 0.311. The molecule has 86 valence electrons. The van der Waals surface area contributed by atoms with E-state index in [9.17, 15) is 5.11 Å². The van der Waals surface area contributed by atoms with Crippen molar-refractivity contribution in [3.8, 4) is 0 Å². The van der Waals surface area contributed by atoms with Gasteiger partial charge in [0.2, 0.25) is 0 Å². The van der Waals surface area contributed by atoms with Gasteiger partial charge in [0, 0.05) is 12.5 Å². The average Bonchev–Trinajstić information content (AvgIpc) is 2.00. The molecule has 0 bridgehead atoms. The first-order valence-corrected chi connectivity index (χ1v) is 5.66. The lowest BCUT2D eigenvalue weighted by Crippen LogP contribution is -2.39. The Morgan fingerprint density at radius 2 is 1.79 bits per heavy atom. The molecule has 0 heterocycles. The molecule has 0 aliphatic heterocycles. The molecule has 0 fully saturated rings. The molecule has 0 amide bonds. The van der Waals surface area contributed by atoms with E-state index < -0.39 is 6.10 Å². The van der Waals surface area contributed by atoms with Gasteiger partial charge in [0.15, 0.2) is 0 Å². The standard InChI is InChI=1S/C11H23ClO2/c1-6-14-11(4,5)8-10(2,3)9(13)7-12/h9,13H,6-8H2,1-5H3/t9-/m0/s1. The molecule has 14 heavy (non-hydrogen) atoms. The quantitative estimate of drug-likeness (QED) is 0.701. The van der Waals surface area contributed by atoms with Crippen molar-refractivity contribution in [3.05, 3.63) is 0 Å². The summed E-state index contributed by atoms with van der Waals surface area (Å²) < 4.78 is 5.61. The van der Waals surface area contributed by atoms with E-state index in [1.54, 1.807) is 0 Å². The Morgan fingerprint density at radius 1 is 1.29 bits per heavy atom. The minimum Gasteiger partial charge on any atom is -0.391 e. The number of halogens is 1. The Morgan fingerprint density at radius 3 is 2.14 bits per heavy atom. The molecular formula is C11H23ClO2. The molecule has 0 rings (SSSR count). The van der Waals surface area contributed by atoms with E-state index in [1.165, 1.54) is 0 Å². The van der Waals surface area contributed by atoms with E-state index >= 15 is 0 Å². The predicted octanol–water partition coefficient (Wildman–Crippen LogP) is 2.82. The molecule has 3 heteroatoms. The van der Waals surface area contributed by atoms with Crippen LogP contribution in [0.25, 0.3) is 0 Å². The Labute approximate surface area is 92.6 Å². The third-order valence-corrected chi connectivity index (χ3v) is 2.76. The first kappa shape index (κ1) is 14.2. The highest BCUT2D eigenvalue weighted by Crippen LogP contribution is 2.33. The lowest BCUT2D eigenvalue weighted by molar-refractivity contribution is -0.0636. The van der Waals surface area contributed by atoms with Crippen molar-refractivity contribution >= 4 is 11.6 Å². The molecule has 2 nitrogen and oxygen atoms in total. The number of rotatable bonds is 6. The van der Waals surface area contributed by atoms with Crippen LogP contribution in [0.15, 0.2) is 0 Å². The van der Waals surface area contributed by atoms with E-state index in [1.807, 2.05) is 34.6 Å². The molecule has 1 N–H and O–H groups in total. The zero-order chi connectivity index (χ0) is 11.4. The van der Waals surface area contributed by atoms with Crippen molar-refractivity contribution in [2.75, 3.05) is 12.5 Å². The van der Waals surface area contributed by atoms with Crippen LogP contribution in [0.2, 0.25) is 0 Å². The summed E-state index contributed by atoms with van der Waals surface area (Å²) in [4.78, 5) is 0. The molecule has 0 radical (unpaired) electrons. The second kappa shape index (κ2) is 5.34. The van der Waals surface area contributed by atoms with Gasteiger partial charge >= 0.3 is 0 Å². The maximum absolute atomic E-state index is 9.73. The van der Waals surface area contributed by atoms with Gasteiger partial charge in [-0.2, -0.15) is 0 Å². The summed E-state index contributed by atoms with van der Waals surface area (Å²) in [6.45, 7) is 10.8. The number of aliphatic hydroxyl groups excluding tert-OH is 1. The minimum atomic E-state index is -0.483. The van der Waals surface area contributed by atoms with Crippen molar-refractivity contribution in [3.63, 3.8) is 0 Å². The van der Waals surface area contributed by atoms with E-state index in [2.05, 4.69) is 0 Å². The van der Waals surface area contributed by atoms with Crippen LogP contribution in [0.4, 0.5) is 0 Å². The molecule has 1 atom stereocenters. The fourth-order valence-corrected chi connectivity index (χ4v) is 2.28. The molecule has 0 unspecified atom stereocenters. The summed E-state index contributed by atoms with van der Waals surface area (Å²) in [5, 5.41) is 9.73. The van der Waals surface area contributed by atoms with Crippen LogP contribution in [0.5, 0.6) is 0 Å². The van der Waals surface area contributed by atoms with Crippen LogP contribution < -0.4 is 0 Å². The molecule has 0 aromatic rings. The van der Waals surface area contributed by atoms with E-state index in [4.69, 9.17) is 16.3 Å². The highest BCUT2D eigenvalue weighted by atomic mass is 35.5. The summed E-state index contributed by atoms with van der Waals surface area (Å²) in [7, 11) is 0. The number of hydrogen-bond acceptors (Lipinski definition) is 2. The molecule has 0 saturated heterocycles. The summed E-state index contributed by atoms with van der Waals surface area (Å²) in [5.74, 6) is 0.273. The highest BCUT2D eigenvalue weighted by Gasteiger charge is 2.34. The average molecular weight is 223 g/mol. The van der Waals surface area contributed by atoms with Gasteiger partial charge in [-0.25, -0.2) is 0 Å². The van der Waals surface area contributed by atoms with Crippen LogP contribution in [-0.4, -0.2) is 29.3 Å². The van der Waals surface area contributed by atoms with Crippen LogP contribution in [-0.2, 0) is 4.74 Å². The van der Waals surface area contributed by atoms with Crippen LogP contribution in [0.3, 0.4) is 0 Å². The number of alkyl halides is 1. The third-order valence-electron chi connectivity index (χ3n) is 2.46. The van der Waals surface area contributed by atoms with Gasteiger partial charge in [0.05, 0.1) is 11.7 Å². The summed E-state index contributed by atoms with van der Waals surface area (Å²) >= 11 is 5.65. The molecule has 0 saturated carbocycles.